The molecule has 5 nitrogen and oxygen atoms in total. The molecule has 2 aromatic carbocycles. The molecule has 1 aliphatic heterocycles. The lowest BCUT2D eigenvalue weighted by Gasteiger charge is -2.51. The number of halogens is 2. The van der Waals surface area contributed by atoms with E-state index in [0.29, 0.717) is 30.1 Å². The third kappa shape index (κ3) is 3.45. The number of nitrogens with one attached hydrogen (secondary N) is 1. The lowest BCUT2D eigenvalue weighted by atomic mass is 10.2. The fraction of sp³-hybridized carbons (Fsp3) is 0.250. The number of fused-ring (bicyclic) bond motifs is 1. The van der Waals surface area contributed by atoms with Crippen molar-refractivity contribution in [2.24, 2.45) is 0 Å². The molecule has 0 spiro atoms. The summed E-state index contributed by atoms with van der Waals surface area (Å²) < 4.78 is 42.3. The predicted molar refractivity (Wildman–Crippen MR) is 98.0 cm³/mol. The van der Waals surface area contributed by atoms with Crippen molar-refractivity contribution in [3.05, 3.63) is 54.3 Å². The molecule has 2 aromatic rings. The smallest absolute Gasteiger partial charge is 0.207 e. The van der Waals surface area contributed by atoms with Crippen molar-refractivity contribution in [3.63, 3.8) is 0 Å². The zero-order chi connectivity index (χ0) is 16.4. The van der Waals surface area contributed by atoms with Crippen LogP contribution in [0.15, 0.2) is 48.5 Å². The summed E-state index contributed by atoms with van der Waals surface area (Å²) in [6.07, 6.45) is 0.387. The molecule has 0 bridgehead atoms. The van der Waals surface area contributed by atoms with Gasteiger partial charge in [0.05, 0.1) is 5.69 Å². The van der Waals surface area contributed by atoms with Gasteiger partial charge >= 0.3 is 0 Å². The topological polar surface area (TPSA) is 65.0 Å². The van der Waals surface area contributed by atoms with Crippen LogP contribution in [0.25, 0.3) is 0 Å². The summed E-state index contributed by atoms with van der Waals surface area (Å²) in [6.45, 7) is 0.549. The van der Waals surface area contributed by atoms with Crippen LogP contribution in [0.4, 0.5) is 15.8 Å². The van der Waals surface area contributed by atoms with Crippen molar-refractivity contribution < 1.29 is 18.2 Å². The van der Waals surface area contributed by atoms with Gasteiger partial charge in [-0.15, -0.1) is 12.4 Å². The number of nitrogens with zero attached hydrogens (tertiary/aromatic N) is 1. The summed E-state index contributed by atoms with van der Waals surface area (Å²) in [7, 11) is -1.49. The van der Waals surface area contributed by atoms with Crippen LogP contribution in [0.1, 0.15) is 6.42 Å². The monoisotopic (exact) mass is 374 g/mol. The standard InChI is InChI=1S/C16H19FN2O3S.ClH/c1-18-10-9-16-22-15-11-12(17)7-8-14(15)19(23(16,20)21)13-5-3-2-4-6-13;/h2-8,11,16,18,20-21H,9-10H2,1H3;1H/t16-;/m0./s1. The summed E-state index contributed by atoms with van der Waals surface area (Å²) in [6, 6.07) is 13.1. The molecule has 0 amide bonds. The normalized spacial score (nSPS) is 19.7. The van der Waals surface area contributed by atoms with Crippen LogP contribution >= 0.6 is 23.2 Å². The molecule has 3 rings (SSSR count). The van der Waals surface area contributed by atoms with Gasteiger partial charge in [-0.1, -0.05) is 29.0 Å². The Bertz CT molecular complexity index is 690. The Morgan fingerprint density at radius 2 is 1.92 bits per heavy atom. The van der Waals surface area contributed by atoms with Crippen molar-refractivity contribution in [1.29, 1.82) is 0 Å². The van der Waals surface area contributed by atoms with Gasteiger partial charge in [0.15, 0.2) is 5.75 Å². The molecule has 132 valence electrons. The van der Waals surface area contributed by atoms with Crippen LogP contribution in [0.3, 0.4) is 0 Å². The van der Waals surface area contributed by atoms with Gasteiger partial charge in [-0.25, -0.2) is 8.70 Å². The lowest BCUT2D eigenvalue weighted by molar-refractivity contribution is 0.237. The molecule has 0 radical (unpaired) electrons. The molecule has 8 heteroatoms. The molecule has 1 atom stereocenters. The van der Waals surface area contributed by atoms with E-state index in [1.807, 2.05) is 18.2 Å². The van der Waals surface area contributed by atoms with Crippen LogP contribution in [0, 0.1) is 5.82 Å². The minimum atomic E-state index is -3.27. The number of rotatable bonds is 4. The summed E-state index contributed by atoms with van der Waals surface area (Å²) in [5.74, 6) is -0.122. The maximum atomic E-state index is 13.6. The molecule has 3 N–H and O–H groups in total. The highest BCUT2D eigenvalue weighted by Gasteiger charge is 2.41. The largest absolute Gasteiger partial charge is 0.466 e. The number of hydrogen-bond acceptors (Lipinski definition) is 5. The number of anilines is 2. The van der Waals surface area contributed by atoms with E-state index >= 15 is 0 Å². The highest BCUT2D eigenvalue weighted by Crippen LogP contribution is 2.61. The van der Waals surface area contributed by atoms with E-state index < -0.39 is 22.0 Å². The Balaban J connectivity index is 0.00000208. The zero-order valence-corrected chi connectivity index (χ0v) is 14.7. The minimum Gasteiger partial charge on any atom is -0.466 e. The molecular formula is C16H20ClFN2O3S. The third-order valence-electron chi connectivity index (χ3n) is 3.64. The van der Waals surface area contributed by atoms with Crippen LogP contribution in [0.5, 0.6) is 5.75 Å². The second-order valence-electron chi connectivity index (χ2n) is 5.24. The number of para-hydroxylation sites is 1. The van der Waals surface area contributed by atoms with Gasteiger partial charge in [-0.2, -0.15) is 0 Å². The number of ether oxygens (including phenoxy) is 1. The Morgan fingerprint density at radius 3 is 2.58 bits per heavy atom. The van der Waals surface area contributed by atoms with Crippen LogP contribution in [-0.4, -0.2) is 28.1 Å². The van der Waals surface area contributed by atoms with E-state index in [1.54, 1.807) is 19.2 Å². The van der Waals surface area contributed by atoms with Crippen molar-refractivity contribution in [2.75, 3.05) is 17.9 Å². The summed E-state index contributed by atoms with van der Waals surface area (Å²) >= 11 is 0. The lowest BCUT2D eigenvalue weighted by Crippen LogP contribution is -2.40. The Morgan fingerprint density at radius 1 is 1.21 bits per heavy atom. The number of benzene rings is 2. The Kier molecular flexibility index (Phi) is 5.95. The predicted octanol–water partition coefficient (Wildman–Crippen LogP) is 4.38. The van der Waals surface area contributed by atoms with E-state index in [2.05, 4.69) is 5.32 Å². The first kappa shape index (κ1) is 18.8. The maximum Gasteiger partial charge on any atom is 0.207 e. The fourth-order valence-electron chi connectivity index (χ4n) is 2.56. The molecule has 0 aromatic heterocycles. The molecule has 0 unspecified atom stereocenters. The third-order valence-corrected chi connectivity index (χ3v) is 5.62. The molecule has 24 heavy (non-hydrogen) atoms. The van der Waals surface area contributed by atoms with E-state index in [-0.39, 0.29) is 12.4 Å². The molecule has 0 fully saturated rings. The Hall–Kier alpha value is -1.51. The van der Waals surface area contributed by atoms with Gasteiger partial charge in [0, 0.05) is 19.0 Å². The first-order chi connectivity index (χ1) is 11.0. The maximum absolute atomic E-state index is 13.6. The minimum absolute atomic E-state index is 0. The zero-order valence-electron chi connectivity index (χ0n) is 13.1. The first-order valence-corrected chi connectivity index (χ1v) is 8.84. The summed E-state index contributed by atoms with van der Waals surface area (Å²) in [5.41, 5.74) is 0.223. The Labute approximate surface area is 148 Å². The SMILES string of the molecule is CNCC[C@H]1Oc2cc(F)ccc2N(c2ccccc2)S1(O)O.Cl. The van der Waals surface area contributed by atoms with E-state index in [0.717, 1.165) is 0 Å². The van der Waals surface area contributed by atoms with Crippen molar-refractivity contribution in [3.8, 4) is 5.75 Å². The van der Waals surface area contributed by atoms with Gasteiger partial charge in [-0.05, 0) is 31.3 Å². The van der Waals surface area contributed by atoms with Gasteiger partial charge in [0.1, 0.15) is 11.5 Å². The fourth-order valence-corrected chi connectivity index (χ4v) is 4.33. The summed E-state index contributed by atoms with van der Waals surface area (Å²) in [4.78, 5) is 0. The van der Waals surface area contributed by atoms with E-state index in [4.69, 9.17) is 4.74 Å². The molecule has 0 aliphatic carbocycles. The average Bonchev–Trinajstić information content (AvgIpc) is 2.53. The van der Waals surface area contributed by atoms with Gasteiger partial charge in [0.2, 0.25) is 5.44 Å². The van der Waals surface area contributed by atoms with Crippen molar-refractivity contribution in [2.45, 2.75) is 11.9 Å². The number of hydrogen-bond donors (Lipinski definition) is 3. The van der Waals surface area contributed by atoms with Crippen LogP contribution < -0.4 is 14.4 Å². The van der Waals surface area contributed by atoms with E-state index in [9.17, 15) is 13.5 Å². The van der Waals surface area contributed by atoms with E-state index in [1.165, 1.54) is 22.5 Å². The van der Waals surface area contributed by atoms with Crippen LogP contribution in [-0.2, 0) is 0 Å². The molecular weight excluding hydrogens is 355 g/mol. The highest BCUT2D eigenvalue weighted by atomic mass is 35.5. The van der Waals surface area contributed by atoms with Gasteiger partial charge in [-0.3, -0.25) is 9.11 Å². The second kappa shape index (κ2) is 7.58. The summed E-state index contributed by atoms with van der Waals surface area (Å²) in [5, 5.41) is 2.96. The van der Waals surface area contributed by atoms with Gasteiger partial charge < -0.3 is 10.1 Å². The average molecular weight is 375 g/mol. The molecule has 1 heterocycles. The van der Waals surface area contributed by atoms with Crippen molar-refractivity contribution >= 4 is 34.6 Å². The highest BCUT2D eigenvalue weighted by molar-refractivity contribution is 8.26. The van der Waals surface area contributed by atoms with Crippen LogP contribution in [0.2, 0.25) is 0 Å². The molecule has 1 aliphatic rings. The molecule has 0 saturated carbocycles. The molecule has 0 saturated heterocycles. The second-order valence-corrected chi connectivity index (χ2v) is 7.26. The van der Waals surface area contributed by atoms with Crippen molar-refractivity contribution in [1.82, 2.24) is 5.32 Å². The van der Waals surface area contributed by atoms with Gasteiger partial charge in [0.25, 0.3) is 0 Å². The first-order valence-electron chi connectivity index (χ1n) is 7.27. The quantitative estimate of drug-likeness (QED) is 0.741.